The highest BCUT2D eigenvalue weighted by atomic mass is 79.9. The zero-order chi connectivity index (χ0) is 16.2. The third-order valence-electron chi connectivity index (χ3n) is 3.62. The molecule has 0 saturated heterocycles. The van der Waals surface area contributed by atoms with Crippen LogP contribution < -0.4 is 5.32 Å². The maximum Gasteiger partial charge on any atom is 0.0931 e. The van der Waals surface area contributed by atoms with Crippen LogP contribution in [0, 0.1) is 11.8 Å². The van der Waals surface area contributed by atoms with Crippen molar-refractivity contribution in [2.45, 2.75) is 13.5 Å². The molecule has 23 heavy (non-hydrogen) atoms. The van der Waals surface area contributed by atoms with E-state index in [1.165, 1.54) is 10.9 Å². The first kappa shape index (κ1) is 16.0. The van der Waals surface area contributed by atoms with Crippen LogP contribution in [0.15, 0.2) is 53.0 Å². The third kappa shape index (κ3) is 3.72. The SMILES string of the molecule is CCn1c(C#CCNc2ccc(Cl)cc2)cc2cc(Br)ccc21. The predicted molar refractivity (Wildman–Crippen MR) is 102 cm³/mol. The van der Waals surface area contributed by atoms with Crippen molar-refractivity contribution in [3.8, 4) is 11.8 Å². The number of aromatic nitrogens is 1. The minimum atomic E-state index is 0.594. The highest BCUT2D eigenvalue weighted by molar-refractivity contribution is 9.10. The van der Waals surface area contributed by atoms with Crippen molar-refractivity contribution in [3.63, 3.8) is 0 Å². The number of anilines is 1. The van der Waals surface area contributed by atoms with E-state index in [0.29, 0.717) is 6.54 Å². The number of hydrogen-bond acceptors (Lipinski definition) is 1. The van der Waals surface area contributed by atoms with E-state index in [2.05, 4.69) is 68.8 Å². The number of benzene rings is 2. The molecule has 116 valence electrons. The van der Waals surface area contributed by atoms with Gasteiger partial charge in [0.2, 0.25) is 0 Å². The summed E-state index contributed by atoms with van der Waals surface area (Å²) < 4.78 is 3.32. The second-order valence-electron chi connectivity index (χ2n) is 5.14. The monoisotopic (exact) mass is 386 g/mol. The molecule has 0 saturated carbocycles. The Hall–Kier alpha value is -1.89. The van der Waals surface area contributed by atoms with E-state index in [1.54, 1.807) is 0 Å². The minimum Gasteiger partial charge on any atom is -0.374 e. The number of nitrogens with zero attached hydrogens (tertiary/aromatic N) is 1. The maximum atomic E-state index is 5.87. The normalized spacial score (nSPS) is 10.4. The molecule has 4 heteroatoms. The Bertz CT molecular complexity index is 885. The van der Waals surface area contributed by atoms with E-state index < -0.39 is 0 Å². The van der Waals surface area contributed by atoms with Crippen molar-refractivity contribution in [1.29, 1.82) is 0 Å². The summed E-state index contributed by atoms with van der Waals surface area (Å²) >= 11 is 9.39. The molecule has 0 aliphatic carbocycles. The van der Waals surface area contributed by atoms with Gasteiger partial charge in [-0.3, -0.25) is 0 Å². The Morgan fingerprint density at radius 2 is 1.91 bits per heavy atom. The first-order valence-corrected chi connectivity index (χ1v) is 8.61. The molecule has 0 aliphatic heterocycles. The fourth-order valence-corrected chi connectivity index (χ4v) is 3.04. The molecular formula is C19H16BrClN2. The molecule has 2 nitrogen and oxygen atoms in total. The lowest BCUT2D eigenvalue weighted by molar-refractivity contribution is 0.787. The van der Waals surface area contributed by atoms with Gasteiger partial charge in [-0.15, -0.1) is 0 Å². The van der Waals surface area contributed by atoms with Gasteiger partial charge in [0.1, 0.15) is 0 Å². The van der Waals surface area contributed by atoms with Gasteiger partial charge in [-0.25, -0.2) is 0 Å². The van der Waals surface area contributed by atoms with E-state index in [-0.39, 0.29) is 0 Å². The number of nitrogens with one attached hydrogen (secondary N) is 1. The molecule has 3 rings (SSSR count). The van der Waals surface area contributed by atoms with Gasteiger partial charge in [-0.05, 0) is 61.4 Å². The molecule has 1 aromatic heterocycles. The Morgan fingerprint density at radius 1 is 1.13 bits per heavy atom. The fraction of sp³-hybridized carbons (Fsp3) is 0.158. The summed E-state index contributed by atoms with van der Waals surface area (Å²) in [6, 6.07) is 16.1. The molecule has 0 aliphatic rings. The maximum absolute atomic E-state index is 5.87. The van der Waals surface area contributed by atoms with Crippen LogP contribution in [0.5, 0.6) is 0 Å². The fourth-order valence-electron chi connectivity index (χ4n) is 2.53. The Balaban J connectivity index is 1.77. The van der Waals surface area contributed by atoms with Crippen LogP contribution in [0.3, 0.4) is 0 Å². The average molecular weight is 388 g/mol. The zero-order valence-corrected chi connectivity index (χ0v) is 15.1. The van der Waals surface area contributed by atoms with Gasteiger partial charge in [0.05, 0.1) is 12.2 Å². The Kier molecular flexibility index (Phi) is 4.95. The van der Waals surface area contributed by atoms with Crippen molar-refractivity contribution in [3.05, 3.63) is 63.7 Å². The Morgan fingerprint density at radius 3 is 2.65 bits per heavy atom. The van der Waals surface area contributed by atoms with Crippen LogP contribution in [0.1, 0.15) is 12.6 Å². The molecule has 0 unspecified atom stereocenters. The van der Waals surface area contributed by atoms with E-state index >= 15 is 0 Å². The lowest BCUT2D eigenvalue weighted by atomic mass is 10.2. The lowest BCUT2D eigenvalue weighted by Crippen LogP contribution is -2.00. The highest BCUT2D eigenvalue weighted by Crippen LogP contribution is 2.23. The summed E-state index contributed by atoms with van der Waals surface area (Å²) in [5.41, 5.74) is 3.27. The molecule has 1 N–H and O–H groups in total. The van der Waals surface area contributed by atoms with Gasteiger partial charge in [-0.1, -0.05) is 33.5 Å². The smallest absolute Gasteiger partial charge is 0.0931 e. The molecule has 0 spiro atoms. The van der Waals surface area contributed by atoms with Crippen molar-refractivity contribution >= 4 is 44.1 Å². The van der Waals surface area contributed by atoms with Crippen LogP contribution in [0.4, 0.5) is 5.69 Å². The topological polar surface area (TPSA) is 17.0 Å². The Labute approximate surface area is 149 Å². The summed E-state index contributed by atoms with van der Waals surface area (Å²) in [7, 11) is 0. The van der Waals surface area contributed by atoms with E-state index in [1.807, 2.05) is 24.3 Å². The number of hydrogen-bond donors (Lipinski definition) is 1. The number of aryl methyl sites for hydroxylation is 1. The standard InChI is InChI=1S/C19H16BrClN2/c1-2-23-18(13-14-12-15(20)5-10-19(14)23)4-3-11-22-17-8-6-16(21)7-9-17/h5-10,12-13,22H,2,11H2,1H3. The largest absolute Gasteiger partial charge is 0.374 e. The van der Waals surface area contributed by atoms with Gasteiger partial charge >= 0.3 is 0 Å². The molecule has 0 amide bonds. The van der Waals surface area contributed by atoms with Crippen LogP contribution in [-0.2, 0) is 6.54 Å². The minimum absolute atomic E-state index is 0.594. The number of fused-ring (bicyclic) bond motifs is 1. The second-order valence-corrected chi connectivity index (χ2v) is 6.49. The van der Waals surface area contributed by atoms with Gasteiger partial charge in [0.15, 0.2) is 0 Å². The van der Waals surface area contributed by atoms with Gasteiger partial charge in [-0.2, -0.15) is 0 Å². The number of rotatable bonds is 3. The summed E-state index contributed by atoms with van der Waals surface area (Å²) in [5.74, 6) is 6.45. The zero-order valence-electron chi connectivity index (χ0n) is 12.7. The predicted octanol–water partition coefficient (Wildman–Crippen LogP) is 5.54. The number of halogens is 2. The molecule has 1 heterocycles. The van der Waals surface area contributed by atoms with Crippen LogP contribution in [0.25, 0.3) is 10.9 Å². The molecule has 0 bridgehead atoms. The first-order chi connectivity index (χ1) is 11.2. The molecule has 0 radical (unpaired) electrons. The highest BCUT2D eigenvalue weighted by Gasteiger charge is 2.05. The van der Waals surface area contributed by atoms with Gasteiger partial charge < -0.3 is 9.88 Å². The first-order valence-electron chi connectivity index (χ1n) is 7.44. The second kappa shape index (κ2) is 7.12. The summed E-state index contributed by atoms with van der Waals surface area (Å²) in [6.07, 6.45) is 0. The van der Waals surface area contributed by atoms with E-state index in [9.17, 15) is 0 Å². The summed E-state index contributed by atoms with van der Waals surface area (Å²) in [5, 5.41) is 5.21. The molecule has 0 fully saturated rings. The lowest BCUT2D eigenvalue weighted by Gasteiger charge is -2.03. The summed E-state index contributed by atoms with van der Waals surface area (Å²) in [6.45, 7) is 3.63. The van der Waals surface area contributed by atoms with Crippen molar-refractivity contribution in [2.24, 2.45) is 0 Å². The summed E-state index contributed by atoms with van der Waals surface area (Å²) in [4.78, 5) is 0. The van der Waals surface area contributed by atoms with Crippen LogP contribution in [0.2, 0.25) is 5.02 Å². The van der Waals surface area contributed by atoms with Crippen LogP contribution >= 0.6 is 27.5 Å². The third-order valence-corrected chi connectivity index (χ3v) is 4.37. The van der Waals surface area contributed by atoms with Crippen molar-refractivity contribution in [1.82, 2.24) is 4.57 Å². The van der Waals surface area contributed by atoms with Crippen molar-refractivity contribution < 1.29 is 0 Å². The molecular weight excluding hydrogens is 372 g/mol. The van der Waals surface area contributed by atoms with Crippen molar-refractivity contribution in [2.75, 3.05) is 11.9 Å². The molecule has 0 atom stereocenters. The molecule has 2 aromatic carbocycles. The van der Waals surface area contributed by atoms with E-state index in [0.717, 1.165) is 27.4 Å². The average Bonchev–Trinajstić information content (AvgIpc) is 2.89. The van der Waals surface area contributed by atoms with Gasteiger partial charge in [0.25, 0.3) is 0 Å². The quantitative estimate of drug-likeness (QED) is 0.584. The van der Waals surface area contributed by atoms with Crippen LogP contribution in [-0.4, -0.2) is 11.1 Å². The van der Waals surface area contributed by atoms with E-state index in [4.69, 9.17) is 11.6 Å². The van der Waals surface area contributed by atoms with Gasteiger partial charge in [0, 0.05) is 32.6 Å². The molecule has 3 aromatic rings.